The van der Waals surface area contributed by atoms with Crippen LogP contribution >= 0.6 is 23.2 Å². The fraction of sp³-hybridized carbons (Fsp3) is 0.143. The lowest BCUT2D eigenvalue weighted by Crippen LogP contribution is -2.36. The van der Waals surface area contributed by atoms with Crippen LogP contribution in [0.1, 0.15) is 18.1 Å². The standard InChI is InChI=1S/C14H9Cl2F4N/c1-14(21,6-2-3-10(17)13(20)12(6)19)7-4-11(18)9(16)5-8(7)15/h2-5H,21H2,1H3. The van der Waals surface area contributed by atoms with Crippen LogP contribution in [-0.2, 0) is 5.54 Å². The van der Waals surface area contributed by atoms with E-state index in [1.807, 2.05) is 0 Å². The second kappa shape index (κ2) is 5.48. The lowest BCUT2D eigenvalue weighted by Gasteiger charge is -2.27. The van der Waals surface area contributed by atoms with Crippen molar-refractivity contribution < 1.29 is 17.6 Å². The van der Waals surface area contributed by atoms with Gasteiger partial charge in [0.2, 0.25) is 0 Å². The third-order valence-electron chi connectivity index (χ3n) is 3.16. The topological polar surface area (TPSA) is 26.0 Å². The second-order valence-electron chi connectivity index (χ2n) is 4.67. The van der Waals surface area contributed by atoms with Gasteiger partial charge in [0.1, 0.15) is 5.82 Å². The van der Waals surface area contributed by atoms with Crippen LogP contribution in [0.5, 0.6) is 0 Å². The third-order valence-corrected chi connectivity index (χ3v) is 3.77. The molecule has 2 aromatic carbocycles. The molecule has 0 bridgehead atoms. The molecule has 0 aliphatic heterocycles. The average molecular weight is 338 g/mol. The Hall–Kier alpha value is -1.30. The van der Waals surface area contributed by atoms with Gasteiger partial charge in [-0.15, -0.1) is 0 Å². The summed E-state index contributed by atoms with van der Waals surface area (Å²) in [5, 5.41) is -0.249. The van der Waals surface area contributed by atoms with Crippen molar-refractivity contribution >= 4 is 23.2 Å². The summed E-state index contributed by atoms with van der Waals surface area (Å²) in [5.41, 5.74) is 3.94. The van der Waals surface area contributed by atoms with Gasteiger partial charge < -0.3 is 5.73 Å². The van der Waals surface area contributed by atoms with Crippen LogP contribution in [0.4, 0.5) is 17.6 Å². The lowest BCUT2D eigenvalue weighted by atomic mass is 9.85. The summed E-state index contributed by atoms with van der Waals surface area (Å²) in [6.45, 7) is 1.30. The van der Waals surface area contributed by atoms with Crippen LogP contribution in [-0.4, -0.2) is 0 Å². The summed E-state index contributed by atoms with van der Waals surface area (Å²) in [7, 11) is 0. The molecule has 2 N–H and O–H groups in total. The zero-order valence-corrected chi connectivity index (χ0v) is 12.2. The van der Waals surface area contributed by atoms with Crippen LogP contribution in [0.25, 0.3) is 0 Å². The van der Waals surface area contributed by atoms with E-state index < -0.39 is 28.8 Å². The maximum Gasteiger partial charge on any atom is 0.194 e. The van der Waals surface area contributed by atoms with Crippen molar-refractivity contribution in [2.75, 3.05) is 0 Å². The minimum Gasteiger partial charge on any atom is -0.318 e. The first-order chi connectivity index (χ1) is 9.66. The summed E-state index contributed by atoms with van der Waals surface area (Å²) in [6.07, 6.45) is 0. The number of nitrogens with two attached hydrogens (primary N) is 1. The highest BCUT2D eigenvalue weighted by molar-refractivity contribution is 6.35. The Morgan fingerprint density at radius 2 is 1.48 bits per heavy atom. The largest absolute Gasteiger partial charge is 0.318 e. The summed E-state index contributed by atoms with van der Waals surface area (Å²) in [6, 6.07) is 3.76. The maximum atomic E-state index is 13.9. The Kier molecular flexibility index (Phi) is 4.19. The monoisotopic (exact) mass is 337 g/mol. The van der Waals surface area contributed by atoms with Crippen LogP contribution in [0.15, 0.2) is 24.3 Å². The first-order valence-corrected chi connectivity index (χ1v) is 6.49. The SMILES string of the molecule is CC(N)(c1cc(F)c(Cl)cc1Cl)c1ccc(F)c(F)c1F. The normalized spacial score (nSPS) is 14.1. The van der Waals surface area contributed by atoms with E-state index in [9.17, 15) is 17.6 Å². The quantitative estimate of drug-likeness (QED) is 0.476. The van der Waals surface area contributed by atoms with Crippen LogP contribution in [0.3, 0.4) is 0 Å². The molecule has 0 heterocycles. The summed E-state index contributed by atoms with van der Waals surface area (Å²) in [5.74, 6) is -5.27. The van der Waals surface area contributed by atoms with Crippen molar-refractivity contribution in [3.05, 3.63) is 68.7 Å². The summed E-state index contributed by atoms with van der Waals surface area (Å²) >= 11 is 11.5. The maximum absolute atomic E-state index is 13.9. The number of hydrogen-bond acceptors (Lipinski definition) is 1. The number of benzene rings is 2. The smallest absolute Gasteiger partial charge is 0.194 e. The molecular formula is C14H9Cl2F4N. The second-order valence-corrected chi connectivity index (χ2v) is 5.49. The van der Waals surface area contributed by atoms with Gasteiger partial charge in [0.15, 0.2) is 17.5 Å². The number of rotatable bonds is 2. The Bertz CT molecular complexity index is 713. The van der Waals surface area contributed by atoms with E-state index in [1.165, 1.54) is 6.92 Å². The van der Waals surface area contributed by atoms with Gasteiger partial charge in [-0.1, -0.05) is 29.3 Å². The molecule has 112 valence electrons. The molecule has 0 spiro atoms. The lowest BCUT2D eigenvalue weighted by molar-refractivity contribution is 0.425. The molecule has 1 unspecified atom stereocenters. The van der Waals surface area contributed by atoms with Gasteiger partial charge in [0, 0.05) is 10.6 Å². The van der Waals surface area contributed by atoms with Crippen LogP contribution in [0.2, 0.25) is 10.0 Å². The molecule has 21 heavy (non-hydrogen) atoms. The average Bonchev–Trinajstić information content (AvgIpc) is 2.39. The van der Waals surface area contributed by atoms with E-state index in [2.05, 4.69) is 0 Å². The van der Waals surface area contributed by atoms with Gasteiger partial charge in [0.05, 0.1) is 10.6 Å². The highest BCUT2D eigenvalue weighted by Crippen LogP contribution is 2.36. The molecular weight excluding hydrogens is 329 g/mol. The Labute approximate surface area is 128 Å². The van der Waals surface area contributed by atoms with Gasteiger partial charge in [-0.25, -0.2) is 17.6 Å². The highest BCUT2D eigenvalue weighted by Gasteiger charge is 2.32. The summed E-state index contributed by atoms with van der Waals surface area (Å²) < 4.78 is 53.8. The van der Waals surface area contributed by atoms with E-state index in [0.29, 0.717) is 0 Å². The van der Waals surface area contributed by atoms with Crippen molar-refractivity contribution in [1.29, 1.82) is 0 Å². The molecule has 0 saturated carbocycles. The van der Waals surface area contributed by atoms with E-state index in [-0.39, 0.29) is 21.2 Å². The van der Waals surface area contributed by atoms with E-state index in [0.717, 1.165) is 24.3 Å². The Balaban J connectivity index is 2.68. The molecule has 0 aliphatic rings. The minimum absolute atomic E-state index is 0.00373. The highest BCUT2D eigenvalue weighted by atomic mass is 35.5. The first kappa shape index (κ1) is 16.1. The zero-order valence-electron chi connectivity index (χ0n) is 10.7. The van der Waals surface area contributed by atoms with Gasteiger partial charge >= 0.3 is 0 Å². The molecule has 0 amide bonds. The van der Waals surface area contributed by atoms with Gasteiger partial charge in [-0.05, 0) is 30.7 Å². The predicted molar refractivity (Wildman–Crippen MR) is 73.4 cm³/mol. The molecule has 2 aromatic rings. The number of halogens is 6. The fourth-order valence-electron chi connectivity index (χ4n) is 1.99. The third kappa shape index (κ3) is 2.73. The molecule has 0 aromatic heterocycles. The van der Waals surface area contributed by atoms with Crippen LogP contribution < -0.4 is 5.73 Å². The molecule has 1 nitrogen and oxygen atoms in total. The molecule has 0 fully saturated rings. The van der Waals surface area contributed by atoms with E-state index >= 15 is 0 Å². The van der Waals surface area contributed by atoms with Gasteiger partial charge in [0.25, 0.3) is 0 Å². The van der Waals surface area contributed by atoms with Crippen LogP contribution in [0, 0.1) is 23.3 Å². The Morgan fingerprint density at radius 1 is 0.857 bits per heavy atom. The minimum atomic E-state index is -1.68. The van der Waals surface area contributed by atoms with Gasteiger partial charge in [-0.3, -0.25) is 0 Å². The zero-order chi connectivity index (χ0) is 15.9. The molecule has 2 rings (SSSR count). The van der Waals surface area contributed by atoms with E-state index in [4.69, 9.17) is 28.9 Å². The molecule has 0 saturated heterocycles. The van der Waals surface area contributed by atoms with Crippen molar-refractivity contribution in [3.63, 3.8) is 0 Å². The van der Waals surface area contributed by atoms with Gasteiger partial charge in [-0.2, -0.15) is 0 Å². The van der Waals surface area contributed by atoms with Crippen molar-refractivity contribution in [3.8, 4) is 0 Å². The Morgan fingerprint density at radius 3 is 2.10 bits per heavy atom. The molecule has 1 atom stereocenters. The summed E-state index contributed by atoms with van der Waals surface area (Å²) in [4.78, 5) is 0. The molecule has 0 aliphatic carbocycles. The predicted octanol–water partition coefficient (Wildman–Crippen LogP) is 4.77. The van der Waals surface area contributed by atoms with Crippen molar-refractivity contribution in [2.24, 2.45) is 5.73 Å². The molecule has 7 heteroatoms. The van der Waals surface area contributed by atoms with Crippen molar-refractivity contribution in [1.82, 2.24) is 0 Å². The first-order valence-electron chi connectivity index (χ1n) is 5.74. The van der Waals surface area contributed by atoms with Crippen molar-refractivity contribution in [2.45, 2.75) is 12.5 Å². The number of hydrogen-bond donors (Lipinski definition) is 1. The van der Waals surface area contributed by atoms with E-state index in [1.54, 1.807) is 0 Å². The molecule has 0 radical (unpaired) electrons. The fourth-order valence-corrected chi connectivity index (χ4v) is 2.57.